The van der Waals surface area contributed by atoms with E-state index in [0.29, 0.717) is 30.4 Å². The van der Waals surface area contributed by atoms with Crippen molar-refractivity contribution in [2.24, 2.45) is 5.10 Å². The Morgan fingerprint density at radius 2 is 1.59 bits per heavy atom. The number of hydrogen-bond donors (Lipinski definition) is 2. The molecule has 166 valence electrons. The second-order valence-electron chi connectivity index (χ2n) is 7.22. The number of nitrogens with one attached hydrogen (secondary N) is 2. The first-order valence-electron chi connectivity index (χ1n) is 10.3. The third-order valence-electron chi connectivity index (χ3n) is 4.56. The summed E-state index contributed by atoms with van der Waals surface area (Å²) in [4.78, 5) is 12.0. The largest absolute Gasteiger partial charge is 0.490 e. The molecule has 0 saturated carbocycles. The van der Waals surface area contributed by atoms with Gasteiger partial charge in [0.05, 0.1) is 12.8 Å². The summed E-state index contributed by atoms with van der Waals surface area (Å²) >= 11 is 3.54. The van der Waals surface area contributed by atoms with E-state index in [0.717, 1.165) is 21.2 Å². The SMILES string of the molecule is CCOc1cc(C=NNC(=O)Nc2ccc(C)cc2)c(Br)cc1OCc1ccc(C)cc1. The van der Waals surface area contributed by atoms with Gasteiger partial charge in [-0.3, -0.25) is 0 Å². The predicted octanol–water partition coefficient (Wildman–Crippen LogP) is 6.20. The Balaban J connectivity index is 1.65. The maximum absolute atomic E-state index is 12.0. The van der Waals surface area contributed by atoms with Gasteiger partial charge in [0, 0.05) is 15.7 Å². The molecule has 0 aliphatic carbocycles. The van der Waals surface area contributed by atoms with Gasteiger partial charge in [0.1, 0.15) is 6.61 Å². The number of hydrogen-bond acceptors (Lipinski definition) is 4. The molecule has 0 unspecified atom stereocenters. The smallest absolute Gasteiger partial charge is 0.339 e. The molecule has 3 aromatic carbocycles. The number of rotatable bonds is 8. The highest BCUT2D eigenvalue weighted by Crippen LogP contribution is 2.33. The van der Waals surface area contributed by atoms with Gasteiger partial charge >= 0.3 is 6.03 Å². The number of anilines is 1. The van der Waals surface area contributed by atoms with Crippen LogP contribution in [-0.2, 0) is 6.61 Å². The van der Waals surface area contributed by atoms with Crippen LogP contribution in [0.4, 0.5) is 10.5 Å². The Morgan fingerprint density at radius 3 is 2.25 bits per heavy atom. The maximum atomic E-state index is 12.0. The van der Waals surface area contributed by atoms with Crippen LogP contribution in [0.1, 0.15) is 29.2 Å². The first kappa shape index (κ1) is 23.3. The number of hydrazone groups is 1. The summed E-state index contributed by atoms with van der Waals surface area (Å²) in [6.07, 6.45) is 1.55. The molecule has 2 amide bonds. The first-order chi connectivity index (χ1) is 15.4. The van der Waals surface area contributed by atoms with Gasteiger partial charge in [-0.1, -0.05) is 47.5 Å². The molecule has 0 atom stereocenters. The fourth-order valence-corrected chi connectivity index (χ4v) is 3.26. The first-order valence-corrected chi connectivity index (χ1v) is 11.1. The van der Waals surface area contributed by atoms with Crippen LogP contribution in [0.15, 0.2) is 70.2 Å². The zero-order chi connectivity index (χ0) is 22.9. The molecule has 3 rings (SSSR count). The van der Waals surface area contributed by atoms with Gasteiger partial charge in [-0.25, -0.2) is 10.2 Å². The van der Waals surface area contributed by atoms with Crippen molar-refractivity contribution in [3.63, 3.8) is 0 Å². The highest BCUT2D eigenvalue weighted by Gasteiger charge is 2.11. The van der Waals surface area contributed by atoms with E-state index in [9.17, 15) is 4.79 Å². The molecular formula is C25H26BrN3O3. The number of halogens is 1. The fraction of sp³-hybridized carbons (Fsp3) is 0.200. The van der Waals surface area contributed by atoms with Crippen LogP contribution in [0.25, 0.3) is 0 Å². The summed E-state index contributed by atoms with van der Waals surface area (Å²) in [6.45, 7) is 6.88. The summed E-state index contributed by atoms with van der Waals surface area (Å²) in [6, 6.07) is 18.9. The molecule has 0 aliphatic rings. The lowest BCUT2D eigenvalue weighted by atomic mass is 10.2. The van der Waals surface area contributed by atoms with E-state index in [1.807, 2.05) is 62.4 Å². The number of amides is 2. The Hall–Kier alpha value is -3.32. The van der Waals surface area contributed by atoms with Crippen LogP contribution in [0, 0.1) is 13.8 Å². The van der Waals surface area contributed by atoms with Gasteiger partial charge < -0.3 is 14.8 Å². The van der Waals surface area contributed by atoms with Crippen molar-refractivity contribution in [2.45, 2.75) is 27.4 Å². The minimum Gasteiger partial charge on any atom is -0.490 e. The van der Waals surface area contributed by atoms with Gasteiger partial charge in [0.15, 0.2) is 11.5 Å². The monoisotopic (exact) mass is 495 g/mol. The van der Waals surface area contributed by atoms with Crippen LogP contribution < -0.4 is 20.2 Å². The van der Waals surface area contributed by atoms with Crippen molar-refractivity contribution in [2.75, 3.05) is 11.9 Å². The van der Waals surface area contributed by atoms with Gasteiger partial charge in [-0.05, 0) is 66.5 Å². The average molecular weight is 496 g/mol. The molecule has 0 saturated heterocycles. The van der Waals surface area contributed by atoms with Crippen LogP contribution in [0.2, 0.25) is 0 Å². The molecule has 0 aromatic heterocycles. The molecule has 6 nitrogen and oxygen atoms in total. The summed E-state index contributed by atoms with van der Waals surface area (Å²) in [5.74, 6) is 1.23. The molecule has 0 heterocycles. The fourth-order valence-electron chi connectivity index (χ4n) is 2.83. The van der Waals surface area contributed by atoms with Crippen molar-refractivity contribution >= 4 is 33.9 Å². The Morgan fingerprint density at radius 1 is 0.969 bits per heavy atom. The molecule has 0 aliphatic heterocycles. The van der Waals surface area contributed by atoms with Crippen LogP contribution in [0.3, 0.4) is 0 Å². The highest BCUT2D eigenvalue weighted by molar-refractivity contribution is 9.10. The van der Waals surface area contributed by atoms with Gasteiger partial charge in [0.2, 0.25) is 0 Å². The normalized spacial score (nSPS) is 10.8. The van der Waals surface area contributed by atoms with Crippen molar-refractivity contribution in [3.05, 3.63) is 87.4 Å². The molecule has 2 N–H and O–H groups in total. The Labute approximate surface area is 196 Å². The van der Waals surface area contributed by atoms with Crippen molar-refractivity contribution in [1.82, 2.24) is 5.43 Å². The van der Waals surface area contributed by atoms with Gasteiger partial charge in [-0.2, -0.15) is 5.10 Å². The van der Waals surface area contributed by atoms with E-state index in [1.165, 1.54) is 5.56 Å². The molecule has 0 radical (unpaired) electrons. The van der Waals surface area contributed by atoms with Gasteiger partial charge in [0.25, 0.3) is 0 Å². The summed E-state index contributed by atoms with van der Waals surface area (Å²) in [7, 11) is 0. The standard InChI is InChI=1S/C25H26BrN3O3/c1-4-31-23-13-20(15-27-29-25(30)28-21-11-7-18(3)8-12-21)22(26)14-24(23)32-16-19-9-5-17(2)6-10-19/h5-15H,4,16H2,1-3H3,(H2,28,29,30). The maximum Gasteiger partial charge on any atom is 0.339 e. The molecule has 7 heteroatoms. The van der Waals surface area contributed by atoms with Crippen LogP contribution in [-0.4, -0.2) is 18.9 Å². The predicted molar refractivity (Wildman–Crippen MR) is 132 cm³/mol. The van der Waals surface area contributed by atoms with Crippen LogP contribution in [0.5, 0.6) is 11.5 Å². The number of nitrogens with zero attached hydrogens (tertiary/aromatic N) is 1. The molecule has 32 heavy (non-hydrogen) atoms. The number of aryl methyl sites for hydroxylation is 2. The van der Waals surface area contributed by atoms with Gasteiger partial charge in [-0.15, -0.1) is 0 Å². The second-order valence-corrected chi connectivity index (χ2v) is 8.07. The number of carbonyl (C=O) groups is 1. The lowest BCUT2D eigenvalue weighted by Gasteiger charge is -2.14. The number of benzene rings is 3. The summed E-state index contributed by atoms with van der Waals surface area (Å²) in [5.41, 5.74) is 7.30. The quantitative estimate of drug-likeness (QED) is 0.288. The average Bonchev–Trinajstić information content (AvgIpc) is 2.77. The highest BCUT2D eigenvalue weighted by atomic mass is 79.9. The molecule has 3 aromatic rings. The molecule has 0 bridgehead atoms. The number of ether oxygens (including phenoxy) is 2. The van der Waals surface area contributed by atoms with E-state index < -0.39 is 6.03 Å². The number of urea groups is 1. The summed E-state index contributed by atoms with van der Waals surface area (Å²) < 4.78 is 12.5. The summed E-state index contributed by atoms with van der Waals surface area (Å²) in [5, 5.41) is 6.76. The van der Waals surface area contributed by atoms with Crippen molar-refractivity contribution in [1.29, 1.82) is 0 Å². The zero-order valence-electron chi connectivity index (χ0n) is 18.3. The zero-order valence-corrected chi connectivity index (χ0v) is 19.9. The van der Waals surface area contributed by atoms with Crippen molar-refractivity contribution < 1.29 is 14.3 Å². The lowest BCUT2D eigenvalue weighted by Crippen LogP contribution is -2.24. The number of carbonyl (C=O) groups excluding carboxylic acids is 1. The van der Waals surface area contributed by atoms with E-state index in [2.05, 4.69) is 50.8 Å². The third kappa shape index (κ3) is 6.85. The van der Waals surface area contributed by atoms with Crippen molar-refractivity contribution in [3.8, 4) is 11.5 Å². The Kier molecular flexibility index (Phi) is 8.27. The minimum atomic E-state index is -0.427. The molecule has 0 fully saturated rings. The van der Waals surface area contributed by atoms with E-state index >= 15 is 0 Å². The topological polar surface area (TPSA) is 72.0 Å². The third-order valence-corrected chi connectivity index (χ3v) is 5.24. The lowest BCUT2D eigenvalue weighted by molar-refractivity contribution is 0.252. The molecular weight excluding hydrogens is 470 g/mol. The van der Waals surface area contributed by atoms with Crippen LogP contribution >= 0.6 is 15.9 Å². The van der Waals surface area contributed by atoms with E-state index in [4.69, 9.17) is 9.47 Å². The Bertz CT molecular complexity index is 1080. The molecule has 0 spiro atoms. The second kappa shape index (κ2) is 11.3. The van der Waals surface area contributed by atoms with E-state index in [1.54, 1.807) is 6.21 Å². The minimum absolute atomic E-state index is 0.427. The van der Waals surface area contributed by atoms with E-state index in [-0.39, 0.29) is 0 Å².